The second-order valence-corrected chi connectivity index (χ2v) is 15.4. The van der Waals surface area contributed by atoms with Crippen molar-refractivity contribution in [3.8, 4) is 0 Å². The highest BCUT2D eigenvalue weighted by Crippen LogP contribution is 2.28. The van der Waals surface area contributed by atoms with Crippen LogP contribution < -0.4 is 4.72 Å². The molecule has 3 aromatic carbocycles. The second kappa shape index (κ2) is 12.3. The van der Waals surface area contributed by atoms with E-state index in [9.17, 15) is 26.4 Å². The first-order chi connectivity index (χ1) is 21.4. The third kappa shape index (κ3) is 6.27. The van der Waals surface area contributed by atoms with E-state index in [4.69, 9.17) is 11.6 Å². The zero-order valence-electron chi connectivity index (χ0n) is 24.5. The van der Waals surface area contributed by atoms with Crippen molar-refractivity contribution in [3.63, 3.8) is 0 Å². The molecule has 2 amide bonds. The van der Waals surface area contributed by atoms with Gasteiger partial charge >= 0.3 is 0 Å². The average Bonchev–Trinajstić information content (AvgIpc) is 3.02. The Morgan fingerprint density at radius 1 is 0.978 bits per heavy atom. The van der Waals surface area contributed by atoms with Gasteiger partial charge in [0.1, 0.15) is 6.04 Å². The number of hydrogen-bond donors (Lipinski definition) is 1. The first-order valence-electron chi connectivity index (χ1n) is 14.6. The Kier molecular flexibility index (Phi) is 8.57. The van der Waals surface area contributed by atoms with Crippen molar-refractivity contribution >= 4 is 65.0 Å². The molecular weight excluding hydrogens is 638 g/mol. The number of carbonyl (C=O) groups excluding carboxylic acids is 2. The van der Waals surface area contributed by atoms with Crippen LogP contribution in [-0.2, 0) is 29.6 Å². The van der Waals surface area contributed by atoms with Crippen LogP contribution in [0.25, 0.3) is 21.5 Å². The number of nitrogens with zero attached hydrogens (tertiary/aromatic N) is 4. The number of halogens is 1. The molecule has 0 radical (unpaired) electrons. The standard InChI is InChI=1S/C31H32ClN5O6S2/c1-21-19-36(45(42,43)29-6-2-4-24-18-33-12-11-27(24)29)14-15-37(21)30(38)20-35-13-3-5-28(31(35)39)34-44(40,41)26-10-8-22-16-25(32)9-7-23(22)17-26/h2,4,6-12,16-18,21,28,34H,3,5,13-15,19-20H2,1H3/t21?,28-/m0/s1. The maximum atomic E-state index is 13.6. The number of nitrogens with one attached hydrogen (secondary N) is 1. The first kappa shape index (κ1) is 31.4. The van der Waals surface area contributed by atoms with Crippen LogP contribution in [0.2, 0.25) is 5.02 Å². The second-order valence-electron chi connectivity index (χ2n) is 11.4. The van der Waals surface area contributed by atoms with Crippen LogP contribution in [0.15, 0.2) is 82.8 Å². The van der Waals surface area contributed by atoms with E-state index in [0.717, 1.165) is 10.8 Å². The summed E-state index contributed by atoms with van der Waals surface area (Å²) in [6, 6.07) is 15.1. The van der Waals surface area contributed by atoms with Gasteiger partial charge < -0.3 is 9.80 Å². The summed E-state index contributed by atoms with van der Waals surface area (Å²) in [5.41, 5.74) is 0. The van der Waals surface area contributed by atoms with Gasteiger partial charge in [-0.3, -0.25) is 14.6 Å². The summed E-state index contributed by atoms with van der Waals surface area (Å²) in [4.78, 5) is 34.0. The van der Waals surface area contributed by atoms with E-state index in [1.807, 2.05) is 0 Å². The lowest BCUT2D eigenvalue weighted by molar-refractivity contribution is -0.145. The van der Waals surface area contributed by atoms with Crippen molar-refractivity contribution in [1.82, 2.24) is 23.8 Å². The van der Waals surface area contributed by atoms with E-state index in [2.05, 4.69) is 9.71 Å². The maximum absolute atomic E-state index is 13.6. The molecular formula is C31H32ClN5O6S2. The highest BCUT2D eigenvalue weighted by Gasteiger charge is 2.38. The molecule has 0 aliphatic carbocycles. The van der Waals surface area contributed by atoms with Crippen LogP contribution in [0.4, 0.5) is 0 Å². The number of carbonyl (C=O) groups is 2. The maximum Gasteiger partial charge on any atom is 0.243 e. The molecule has 4 aromatic rings. The van der Waals surface area contributed by atoms with E-state index in [0.29, 0.717) is 35.2 Å². The third-order valence-electron chi connectivity index (χ3n) is 8.41. The fraction of sp³-hybridized carbons (Fsp3) is 0.323. The number of sulfonamides is 2. The Balaban J connectivity index is 1.10. The lowest BCUT2D eigenvalue weighted by Gasteiger charge is -2.40. The van der Waals surface area contributed by atoms with Crippen molar-refractivity contribution in [2.24, 2.45) is 0 Å². The van der Waals surface area contributed by atoms with Gasteiger partial charge in [-0.1, -0.05) is 35.9 Å². The van der Waals surface area contributed by atoms with Gasteiger partial charge in [0.05, 0.1) is 16.3 Å². The summed E-state index contributed by atoms with van der Waals surface area (Å²) in [6.45, 7) is 2.24. The van der Waals surface area contributed by atoms with Gasteiger partial charge in [-0.25, -0.2) is 16.8 Å². The highest BCUT2D eigenvalue weighted by atomic mass is 35.5. The minimum atomic E-state index is -4.02. The van der Waals surface area contributed by atoms with E-state index >= 15 is 0 Å². The van der Waals surface area contributed by atoms with Crippen LogP contribution in [0, 0.1) is 0 Å². The molecule has 0 bridgehead atoms. The molecule has 14 heteroatoms. The predicted octanol–water partition coefficient (Wildman–Crippen LogP) is 3.23. The fourth-order valence-corrected chi connectivity index (χ4v) is 9.21. The van der Waals surface area contributed by atoms with Crippen molar-refractivity contribution in [2.45, 2.75) is 41.6 Å². The number of hydrogen-bond acceptors (Lipinski definition) is 7. The molecule has 2 aliphatic rings. The first-order valence-corrected chi connectivity index (χ1v) is 17.9. The Hall–Kier alpha value is -3.62. The van der Waals surface area contributed by atoms with Crippen molar-refractivity contribution in [3.05, 3.63) is 78.1 Å². The number of fused-ring (bicyclic) bond motifs is 2. The average molecular weight is 670 g/mol. The Morgan fingerprint density at radius 2 is 1.76 bits per heavy atom. The minimum Gasteiger partial charge on any atom is -0.336 e. The molecule has 236 valence electrons. The lowest BCUT2D eigenvalue weighted by atomic mass is 10.1. The molecule has 6 rings (SSSR count). The van der Waals surface area contributed by atoms with Crippen LogP contribution in [-0.4, -0.2) is 92.5 Å². The zero-order chi connectivity index (χ0) is 31.9. The monoisotopic (exact) mass is 669 g/mol. The zero-order valence-corrected chi connectivity index (χ0v) is 26.9. The molecule has 2 aliphatic heterocycles. The number of piperazine rings is 1. The summed E-state index contributed by atoms with van der Waals surface area (Å²) in [5.74, 6) is -0.786. The van der Waals surface area contributed by atoms with Crippen LogP contribution in [0.5, 0.6) is 0 Å². The van der Waals surface area contributed by atoms with Crippen molar-refractivity contribution < 1.29 is 26.4 Å². The molecule has 2 fully saturated rings. The van der Waals surface area contributed by atoms with Gasteiger partial charge in [0, 0.05) is 60.4 Å². The lowest BCUT2D eigenvalue weighted by Crippen LogP contribution is -2.59. The molecule has 0 saturated carbocycles. The van der Waals surface area contributed by atoms with E-state index in [1.54, 1.807) is 72.7 Å². The summed E-state index contributed by atoms with van der Waals surface area (Å²) in [7, 11) is -7.86. The summed E-state index contributed by atoms with van der Waals surface area (Å²) >= 11 is 6.04. The smallest absolute Gasteiger partial charge is 0.243 e. The molecule has 2 atom stereocenters. The molecule has 1 unspecified atom stereocenters. The molecule has 45 heavy (non-hydrogen) atoms. The van der Waals surface area contributed by atoms with Gasteiger partial charge in [0.25, 0.3) is 0 Å². The minimum absolute atomic E-state index is 0.0279. The summed E-state index contributed by atoms with van der Waals surface area (Å²) in [6.07, 6.45) is 4.00. The largest absolute Gasteiger partial charge is 0.336 e. The predicted molar refractivity (Wildman–Crippen MR) is 171 cm³/mol. The number of likely N-dealkylation sites (tertiary alicyclic amines) is 1. The number of aromatic nitrogens is 1. The molecule has 11 nitrogen and oxygen atoms in total. The van der Waals surface area contributed by atoms with Crippen LogP contribution in [0.1, 0.15) is 19.8 Å². The summed E-state index contributed by atoms with van der Waals surface area (Å²) < 4.78 is 57.6. The van der Waals surface area contributed by atoms with E-state index < -0.39 is 38.0 Å². The Morgan fingerprint density at radius 3 is 2.56 bits per heavy atom. The molecule has 0 spiro atoms. The van der Waals surface area contributed by atoms with Gasteiger partial charge in [0.15, 0.2) is 0 Å². The molecule has 1 aromatic heterocycles. The Labute approximate surface area is 266 Å². The van der Waals surface area contributed by atoms with Crippen LogP contribution in [0.3, 0.4) is 0 Å². The van der Waals surface area contributed by atoms with Crippen LogP contribution >= 0.6 is 11.6 Å². The fourth-order valence-electron chi connectivity index (χ4n) is 6.05. The van der Waals surface area contributed by atoms with Crippen molar-refractivity contribution in [2.75, 3.05) is 32.7 Å². The van der Waals surface area contributed by atoms with Gasteiger partial charge in [0.2, 0.25) is 31.9 Å². The number of pyridine rings is 1. The van der Waals surface area contributed by atoms with Gasteiger partial charge in [-0.05, 0) is 66.9 Å². The van der Waals surface area contributed by atoms with Gasteiger partial charge in [-0.2, -0.15) is 9.03 Å². The number of benzene rings is 3. The molecule has 2 saturated heterocycles. The quantitative estimate of drug-likeness (QED) is 0.319. The van der Waals surface area contributed by atoms with Gasteiger partial charge in [-0.15, -0.1) is 0 Å². The number of piperidine rings is 1. The number of amides is 2. The van der Waals surface area contributed by atoms with E-state index in [1.165, 1.54) is 21.3 Å². The van der Waals surface area contributed by atoms with Crippen molar-refractivity contribution in [1.29, 1.82) is 0 Å². The SMILES string of the molecule is CC1CN(S(=O)(=O)c2cccc3cnccc23)CCN1C(=O)CN1CCC[C@H](NS(=O)(=O)c2ccc3cc(Cl)ccc3c2)C1=O. The molecule has 1 N–H and O–H groups in total. The molecule has 3 heterocycles. The summed E-state index contributed by atoms with van der Waals surface area (Å²) in [5, 5.41) is 3.33. The topological polar surface area (TPSA) is 137 Å². The number of rotatable bonds is 7. The highest BCUT2D eigenvalue weighted by molar-refractivity contribution is 7.89. The Bertz CT molecular complexity index is 2020. The normalized spacial score (nSPS) is 20.2. The van der Waals surface area contributed by atoms with E-state index in [-0.39, 0.29) is 41.9 Å². The third-order valence-corrected chi connectivity index (χ3v) is 12.0.